The van der Waals surface area contributed by atoms with E-state index in [0.29, 0.717) is 29.0 Å². The van der Waals surface area contributed by atoms with E-state index in [4.69, 9.17) is 9.47 Å². The molecule has 0 spiro atoms. The van der Waals surface area contributed by atoms with Crippen LogP contribution in [0.15, 0.2) is 41.8 Å². The fourth-order valence-corrected chi connectivity index (χ4v) is 4.15. The maximum absolute atomic E-state index is 14.5. The Hall–Kier alpha value is -2.47. The Morgan fingerprint density at radius 2 is 1.91 bits per heavy atom. The molecule has 3 aromatic rings. The second-order valence-corrected chi connectivity index (χ2v) is 15.6. The van der Waals surface area contributed by atoms with Gasteiger partial charge >= 0.3 is 6.01 Å². The molecule has 1 aromatic carbocycles. The molecule has 0 radical (unpaired) electrons. The van der Waals surface area contributed by atoms with Crippen LogP contribution >= 0.6 is 0 Å². The van der Waals surface area contributed by atoms with Gasteiger partial charge in [0.05, 0.1) is 0 Å². The van der Waals surface area contributed by atoms with Gasteiger partial charge < -0.3 is 9.47 Å². The van der Waals surface area contributed by atoms with E-state index in [0.717, 1.165) is 6.04 Å². The lowest BCUT2D eigenvalue weighted by Crippen LogP contribution is -2.22. The van der Waals surface area contributed by atoms with Crippen molar-refractivity contribution in [2.24, 2.45) is 0 Å². The van der Waals surface area contributed by atoms with Crippen LogP contribution in [0.2, 0.25) is 25.7 Å². The SMILES string of the molecule is CC(C)c1cc(F)cc(-c2ccncc2)c1Oc1nc(S(=O)O)nn1COCC[Si](C)(C)C. The number of nitrogens with zero attached hydrogens (tertiary/aromatic N) is 4. The number of hydrogen-bond donors (Lipinski definition) is 1. The minimum atomic E-state index is -2.40. The first-order chi connectivity index (χ1) is 15.5. The third-order valence-corrected chi connectivity index (χ3v) is 7.06. The number of halogens is 1. The Morgan fingerprint density at radius 3 is 2.52 bits per heavy atom. The fraction of sp³-hybridized carbons (Fsp3) is 0.409. The van der Waals surface area contributed by atoms with Crippen molar-refractivity contribution in [2.75, 3.05) is 6.61 Å². The molecule has 0 fully saturated rings. The van der Waals surface area contributed by atoms with E-state index in [2.05, 4.69) is 34.7 Å². The molecular formula is C22H29FN4O4SSi. The Kier molecular flexibility index (Phi) is 8.11. The number of ether oxygens (including phenoxy) is 2. The molecule has 0 saturated heterocycles. The lowest BCUT2D eigenvalue weighted by Gasteiger charge is -2.18. The van der Waals surface area contributed by atoms with Gasteiger partial charge in [-0.1, -0.05) is 33.5 Å². The van der Waals surface area contributed by atoms with Gasteiger partial charge in [0.15, 0.2) is 0 Å². The van der Waals surface area contributed by atoms with Crippen molar-refractivity contribution in [3.63, 3.8) is 0 Å². The molecule has 0 aliphatic heterocycles. The molecule has 0 bridgehead atoms. The maximum atomic E-state index is 14.5. The first kappa shape index (κ1) is 25.2. The zero-order chi connectivity index (χ0) is 24.2. The van der Waals surface area contributed by atoms with Crippen LogP contribution in [0.4, 0.5) is 4.39 Å². The predicted octanol–water partition coefficient (Wildman–Crippen LogP) is 5.29. The third-order valence-electron chi connectivity index (χ3n) is 4.87. The van der Waals surface area contributed by atoms with E-state index in [1.165, 1.54) is 16.8 Å². The molecule has 3 rings (SSSR count). The Balaban J connectivity index is 2.00. The summed E-state index contributed by atoms with van der Waals surface area (Å²) in [4.78, 5) is 8.12. The van der Waals surface area contributed by atoms with E-state index in [-0.39, 0.29) is 23.8 Å². The van der Waals surface area contributed by atoms with Crippen LogP contribution < -0.4 is 4.74 Å². The summed E-state index contributed by atoms with van der Waals surface area (Å²) in [5, 5.41) is 3.77. The van der Waals surface area contributed by atoms with Gasteiger partial charge in [-0.3, -0.25) is 9.54 Å². The molecule has 0 amide bonds. The maximum Gasteiger partial charge on any atom is 0.323 e. The first-order valence-electron chi connectivity index (χ1n) is 10.6. The van der Waals surface area contributed by atoms with Crippen LogP contribution in [0.5, 0.6) is 11.8 Å². The van der Waals surface area contributed by atoms with Crippen LogP contribution in [-0.2, 0) is 22.5 Å². The van der Waals surface area contributed by atoms with E-state index >= 15 is 0 Å². The highest BCUT2D eigenvalue weighted by Gasteiger charge is 2.22. The van der Waals surface area contributed by atoms with Crippen molar-refractivity contribution in [3.05, 3.63) is 48.0 Å². The zero-order valence-electron chi connectivity index (χ0n) is 19.4. The molecule has 0 aliphatic rings. The van der Waals surface area contributed by atoms with E-state index in [9.17, 15) is 13.2 Å². The Morgan fingerprint density at radius 1 is 1.21 bits per heavy atom. The molecule has 1 atom stereocenters. The van der Waals surface area contributed by atoms with Crippen LogP contribution in [-0.4, -0.2) is 43.2 Å². The predicted molar refractivity (Wildman–Crippen MR) is 127 cm³/mol. The van der Waals surface area contributed by atoms with Crippen molar-refractivity contribution in [2.45, 2.75) is 57.3 Å². The quantitative estimate of drug-likeness (QED) is 0.233. The molecule has 8 nitrogen and oxygen atoms in total. The fourth-order valence-electron chi connectivity index (χ4n) is 3.07. The highest BCUT2D eigenvalue weighted by Crippen LogP contribution is 2.40. The number of benzene rings is 1. The molecule has 0 saturated carbocycles. The monoisotopic (exact) mass is 492 g/mol. The first-order valence-corrected chi connectivity index (χ1v) is 15.4. The summed E-state index contributed by atoms with van der Waals surface area (Å²) >= 11 is -2.40. The normalized spacial score (nSPS) is 12.8. The van der Waals surface area contributed by atoms with Crippen molar-refractivity contribution in [1.82, 2.24) is 19.7 Å². The molecular weight excluding hydrogens is 463 g/mol. The zero-order valence-corrected chi connectivity index (χ0v) is 21.2. The van der Waals surface area contributed by atoms with Gasteiger partial charge in [-0.15, -0.1) is 5.10 Å². The van der Waals surface area contributed by atoms with Crippen molar-refractivity contribution in [1.29, 1.82) is 0 Å². The summed E-state index contributed by atoms with van der Waals surface area (Å²) in [6.45, 7) is 11.1. The Bertz CT molecular complexity index is 1120. The molecule has 1 unspecified atom stereocenters. The van der Waals surface area contributed by atoms with Crippen molar-refractivity contribution >= 4 is 19.2 Å². The average Bonchev–Trinajstić information content (AvgIpc) is 3.15. The van der Waals surface area contributed by atoms with E-state index in [1.54, 1.807) is 24.5 Å². The lowest BCUT2D eigenvalue weighted by molar-refractivity contribution is 0.0723. The molecule has 0 aliphatic carbocycles. The Labute approximate surface area is 196 Å². The molecule has 178 valence electrons. The summed E-state index contributed by atoms with van der Waals surface area (Å²) < 4.78 is 48.8. The van der Waals surface area contributed by atoms with Gasteiger partial charge in [0.2, 0.25) is 11.1 Å². The topological polar surface area (TPSA) is 99.4 Å². The van der Waals surface area contributed by atoms with E-state index < -0.39 is 25.0 Å². The van der Waals surface area contributed by atoms with Gasteiger partial charge in [-0.05, 0) is 41.8 Å². The van der Waals surface area contributed by atoms with Gasteiger partial charge in [0, 0.05) is 38.2 Å². The lowest BCUT2D eigenvalue weighted by atomic mass is 9.95. The average molecular weight is 493 g/mol. The highest BCUT2D eigenvalue weighted by atomic mass is 32.2. The van der Waals surface area contributed by atoms with E-state index in [1.807, 2.05) is 13.8 Å². The highest BCUT2D eigenvalue weighted by molar-refractivity contribution is 7.79. The largest absolute Gasteiger partial charge is 0.423 e. The molecule has 2 aromatic heterocycles. The number of aromatic nitrogens is 4. The summed E-state index contributed by atoms with van der Waals surface area (Å²) in [5.41, 5.74) is 1.86. The molecule has 33 heavy (non-hydrogen) atoms. The standard InChI is InChI=1S/C22H29FN4O4SSi/c1-15(2)18-12-17(23)13-19(16-6-8-24-9-7-16)20(18)31-22-25-21(32(28)29)26-27(22)14-30-10-11-33(3,4)5/h6-9,12-13,15H,10-11,14H2,1-5H3,(H,28,29). The molecule has 2 heterocycles. The van der Waals surface area contributed by atoms with Crippen LogP contribution in [0.25, 0.3) is 11.1 Å². The number of hydrogen-bond acceptors (Lipinski definition) is 6. The van der Waals surface area contributed by atoms with Crippen LogP contribution in [0.1, 0.15) is 25.3 Å². The molecule has 11 heteroatoms. The summed E-state index contributed by atoms with van der Waals surface area (Å²) in [7, 11) is -1.28. The van der Waals surface area contributed by atoms with Crippen molar-refractivity contribution in [3.8, 4) is 22.9 Å². The van der Waals surface area contributed by atoms with Crippen LogP contribution in [0.3, 0.4) is 0 Å². The van der Waals surface area contributed by atoms with Gasteiger partial charge in [-0.2, -0.15) is 9.67 Å². The number of rotatable bonds is 10. The second-order valence-electron chi connectivity index (χ2n) is 9.14. The van der Waals surface area contributed by atoms with Crippen LogP contribution in [0, 0.1) is 5.82 Å². The van der Waals surface area contributed by atoms with Gasteiger partial charge in [0.1, 0.15) is 18.3 Å². The van der Waals surface area contributed by atoms with Crippen molar-refractivity contribution < 1.29 is 22.6 Å². The number of pyridine rings is 1. The summed E-state index contributed by atoms with van der Waals surface area (Å²) in [5.74, 6) is -0.0677. The molecule has 1 N–H and O–H groups in total. The van der Waals surface area contributed by atoms with Gasteiger partial charge in [0.25, 0.3) is 5.16 Å². The smallest absolute Gasteiger partial charge is 0.323 e. The minimum absolute atomic E-state index is 0.00676. The third kappa shape index (κ3) is 6.76. The second kappa shape index (κ2) is 10.6. The summed E-state index contributed by atoms with van der Waals surface area (Å²) in [6.07, 6.45) is 3.22. The summed E-state index contributed by atoms with van der Waals surface area (Å²) in [6, 6.07) is 7.25. The minimum Gasteiger partial charge on any atom is -0.423 e. The van der Waals surface area contributed by atoms with Gasteiger partial charge in [-0.25, -0.2) is 8.60 Å².